The lowest BCUT2D eigenvalue weighted by Crippen LogP contribution is -2.37. The van der Waals surface area contributed by atoms with Gasteiger partial charge in [0.05, 0.1) is 25.9 Å². The van der Waals surface area contributed by atoms with Crippen LogP contribution in [0, 0.1) is 0 Å². The molecule has 9 nitrogen and oxygen atoms in total. The first-order valence-corrected chi connectivity index (χ1v) is 12.0. The van der Waals surface area contributed by atoms with Gasteiger partial charge in [0.1, 0.15) is 11.5 Å². The molecule has 2 amide bonds. The molecule has 1 N–H and O–H groups in total. The largest absolute Gasteiger partial charge is 0.497 e. The van der Waals surface area contributed by atoms with Gasteiger partial charge < -0.3 is 29.0 Å². The zero-order valence-corrected chi connectivity index (χ0v) is 20.6. The zero-order chi connectivity index (χ0) is 25.3. The summed E-state index contributed by atoms with van der Waals surface area (Å²) in [5.41, 5.74) is 1.71. The number of carbonyl (C=O) groups is 2. The Balaban J connectivity index is 1.48. The summed E-state index contributed by atoms with van der Waals surface area (Å²) in [6.45, 7) is 1.79. The van der Waals surface area contributed by atoms with Gasteiger partial charge in [0.15, 0.2) is 11.5 Å². The van der Waals surface area contributed by atoms with E-state index in [1.165, 1.54) is 0 Å². The van der Waals surface area contributed by atoms with E-state index >= 15 is 0 Å². The highest BCUT2D eigenvalue weighted by atomic mass is 16.5. The molecular weight excluding hydrogens is 462 g/mol. The summed E-state index contributed by atoms with van der Waals surface area (Å²) in [5.74, 6) is 1.11. The lowest BCUT2D eigenvalue weighted by atomic mass is 10.1. The van der Waals surface area contributed by atoms with Gasteiger partial charge in [0.2, 0.25) is 5.91 Å². The van der Waals surface area contributed by atoms with Crippen molar-refractivity contribution in [2.75, 3.05) is 33.9 Å². The highest BCUT2D eigenvalue weighted by Crippen LogP contribution is 2.34. The maximum absolute atomic E-state index is 13.4. The van der Waals surface area contributed by atoms with Gasteiger partial charge in [0, 0.05) is 38.7 Å². The van der Waals surface area contributed by atoms with Crippen molar-refractivity contribution in [1.82, 2.24) is 15.4 Å². The number of benzene rings is 2. The molecule has 36 heavy (non-hydrogen) atoms. The van der Waals surface area contributed by atoms with Crippen LogP contribution in [0.3, 0.4) is 0 Å². The number of ether oxygens (including phenoxy) is 3. The Labute approximate surface area is 210 Å². The fourth-order valence-corrected chi connectivity index (χ4v) is 4.09. The van der Waals surface area contributed by atoms with E-state index in [2.05, 4.69) is 10.5 Å². The number of hydrogen-bond donors (Lipinski definition) is 1. The lowest BCUT2D eigenvalue weighted by molar-refractivity contribution is -0.121. The Morgan fingerprint density at radius 1 is 1.11 bits per heavy atom. The summed E-state index contributed by atoms with van der Waals surface area (Å²) in [4.78, 5) is 27.5. The van der Waals surface area contributed by atoms with Crippen molar-refractivity contribution in [1.29, 1.82) is 0 Å². The van der Waals surface area contributed by atoms with Gasteiger partial charge in [-0.3, -0.25) is 9.59 Å². The predicted octanol–water partition coefficient (Wildman–Crippen LogP) is 3.69. The maximum Gasteiger partial charge on any atom is 0.276 e. The third-order valence-corrected chi connectivity index (χ3v) is 6.06. The van der Waals surface area contributed by atoms with Crippen molar-refractivity contribution in [2.24, 2.45) is 0 Å². The van der Waals surface area contributed by atoms with Gasteiger partial charge in [-0.1, -0.05) is 35.5 Å². The van der Waals surface area contributed by atoms with Crippen molar-refractivity contribution in [3.05, 3.63) is 65.9 Å². The summed E-state index contributed by atoms with van der Waals surface area (Å²) < 4.78 is 21.8. The average molecular weight is 494 g/mol. The molecule has 190 valence electrons. The molecule has 1 aromatic heterocycles. The monoisotopic (exact) mass is 493 g/mol. The number of aromatic nitrogens is 1. The Kier molecular flexibility index (Phi) is 8.57. The summed E-state index contributed by atoms with van der Waals surface area (Å²) in [6, 6.07) is 16.5. The van der Waals surface area contributed by atoms with Gasteiger partial charge in [-0.25, -0.2) is 0 Å². The van der Waals surface area contributed by atoms with Gasteiger partial charge in [-0.05, 0) is 36.6 Å². The second-order valence-corrected chi connectivity index (χ2v) is 8.54. The van der Waals surface area contributed by atoms with E-state index in [0.29, 0.717) is 35.9 Å². The van der Waals surface area contributed by atoms with Crippen molar-refractivity contribution in [3.63, 3.8) is 0 Å². The minimum atomic E-state index is -0.331. The average Bonchev–Trinajstić information content (AvgIpc) is 3.62. The van der Waals surface area contributed by atoms with E-state index in [4.69, 9.17) is 18.7 Å². The van der Waals surface area contributed by atoms with Crippen LogP contribution in [0.25, 0.3) is 11.3 Å². The van der Waals surface area contributed by atoms with E-state index in [9.17, 15) is 9.59 Å². The SMILES string of the molecule is COc1ccc(OC)c(-c2cc(C(=O)N(CCC(=O)NC[C@@H]3CCCO3)Cc3ccccc3)no2)c1. The standard InChI is InChI=1S/C27H31N3O6/c1-33-20-10-11-24(34-2)22(15-20)25-16-23(29-36-25)27(32)30(18-19-7-4-3-5-8-19)13-12-26(31)28-17-21-9-6-14-35-21/h3-5,7-8,10-11,15-16,21H,6,9,12-14,17-18H2,1-2H3,(H,28,31)/t21-/m0/s1. The maximum atomic E-state index is 13.4. The molecule has 1 atom stereocenters. The molecule has 1 saturated heterocycles. The van der Waals surface area contributed by atoms with Crippen molar-refractivity contribution in [3.8, 4) is 22.8 Å². The van der Waals surface area contributed by atoms with E-state index < -0.39 is 0 Å². The van der Waals surface area contributed by atoms with Crippen molar-refractivity contribution < 1.29 is 28.3 Å². The predicted molar refractivity (Wildman–Crippen MR) is 133 cm³/mol. The summed E-state index contributed by atoms with van der Waals surface area (Å²) >= 11 is 0. The summed E-state index contributed by atoms with van der Waals surface area (Å²) in [6.07, 6.45) is 2.20. The molecule has 1 aliphatic rings. The number of nitrogens with zero attached hydrogens (tertiary/aromatic N) is 2. The van der Waals surface area contributed by atoms with E-state index in [1.807, 2.05) is 30.3 Å². The summed E-state index contributed by atoms with van der Waals surface area (Å²) in [5, 5.41) is 6.93. The molecule has 0 aliphatic carbocycles. The van der Waals surface area contributed by atoms with Crippen LogP contribution in [0.4, 0.5) is 0 Å². The van der Waals surface area contributed by atoms with Crippen molar-refractivity contribution in [2.45, 2.75) is 31.9 Å². The molecule has 0 unspecified atom stereocenters. The highest BCUT2D eigenvalue weighted by Gasteiger charge is 2.23. The molecule has 0 bridgehead atoms. The molecule has 9 heteroatoms. The van der Waals surface area contributed by atoms with Crippen LogP contribution < -0.4 is 14.8 Å². The Morgan fingerprint density at radius 3 is 2.67 bits per heavy atom. The second-order valence-electron chi connectivity index (χ2n) is 8.54. The Morgan fingerprint density at radius 2 is 1.94 bits per heavy atom. The molecular formula is C27H31N3O6. The minimum Gasteiger partial charge on any atom is -0.497 e. The van der Waals surface area contributed by atoms with Gasteiger partial charge in [-0.15, -0.1) is 0 Å². The number of amides is 2. The molecule has 2 aromatic carbocycles. The van der Waals surface area contributed by atoms with E-state index in [-0.39, 0.29) is 36.6 Å². The molecule has 0 saturated carbocycles. The van der Waals surface area contributed by atoms with Crippen LogP contribution in [0.1, 0.15) is 35.3 Å². The number of methoxy groups -OCH3 is 2. The number of hydrogen-bond acceptors (Lipinski definition) is 7. The van der Waals surface area contributed by atoms with Crippen LogP contribution in [-0.4, -0.2) is 61.9 Å². The van der Waals surface area contributed by atoms with E-state index in [1.54, 1.807) is 43.4 Å². The molecule has 0 spiro atoms. The van der Waals surface area contributed by atoms with Crippen LogP contribution >= 0.6 is 0 Å². The second kappa shape index (κ2) is 12.2. The Bertz CT molecular complexity index is 1160. The van der Waals surface area contributed by atoms with Gasteiger partial charge in [0.25, 0.3) is 5.91 Å². The highest BCUT2D eigenvalue weighted by molar-refractivity contribution is 5.93. The molecule has 1 fully saturated rings. The quantitative estimate of drug-likeness (QED) is 0.435. The topological polar surface area (TPSA) is 103 Å². The zero-order valence-electron chi connectivity index (χ0n) is 20.6. The molecule has 3 aromatic rings. The number of carbonyl (C=O) groups excluding carboxylic acids is 2. The first-order valence-electron chi connectivity index (χ1n) is 12.0. The fraction of sp³-hybridized carbons (Fsp3) is 0.370. The third-order valence-electron chi connectivity index (χ3n) is 6.06. The van der Waals surface area contributed by atoms with Crippen LogP contribution in [0.15, 0.2) is 59.1 Å². The van der Waals surface area contributed by atoms with Crippen LogP contribution in [0.5, 0.6) is 11.5 Å². The fourth-order valence-electron chi connectivity index (χ4n) is 4.09. The van der Waals surface area contributed by atoms with Crippen molar-refractivity contribution >= 4 is 11.8 Å². The van der Waals surface area contributed by atoms with Gasteiger partial charge in [-0.2, -0.15) is 0 Å². The number of rotatable bonds is 11. The minimum absolute atomic E-state index is 0.0677. The van der Waals surface area contributed by atoms with Gasteiger partial charge >= 0.3 is 0 Å². The normalized spacial score (nSPS) is 14.9. The van der Waals surface area contributed by atoms with Crippen LogP contribution in [0.2, 0.25) is 0 Å². The lowest BCUT2D eigenvalue weighted by Gasteiger charge is -2.22. The third kappa shape index (κ3) is 6.42. The smallest absolute Gasteiger partial charge is 0.276 e. The molecule has 1 aliphatic heterocycles. The first kappa shape index (κ1) is 25.2. The molecule has 0 radical (unpaired) electrons. The van der Waals surface area contributed by atoms with Crippen LogP contribution in [-0.2, 0) is 16.1 Å². The summed E-state index contributed by atoms with van der Waals surface area (Å²) in [7, 11) is 3.12. The molecule has 2 heterocycles. The van der Waals surface area contributed by atoms with E-state index in [0.717, 1.165) is 25.0 Å². The first-order chi connectivity index (χ1) is 17.6. The Hall–Kier alpha value is -3.85. The number of nitrogens with one attached hydrogen (secondary N) is 1. The molecule has 4 rings (SSSR count).